The van der Waals surface area contributed by atoms with E-state index < -0.39 is 17.9 Å². The van der Waals surface area contributed by atoms with Crippen LogP contribution in [-0.2, 0) is 19.1 Å². The molecular weight excluding hydrogens is 394 g/mol. The Morgan fingerprint density at radius 1 is 0.966 bits per heavy atom. The Labute approximate surface area is 176 Å². The molecule has 1 aromatic carbocycles. The summed E-state index contributed by atoms with van der Waals surface area (Å²) in [5.74, 6) is -1.10. The first-order valence-corrected chi connectivity index (χ1v) is 10.1. The number of hydrogen-bond donors (Lipinski definition) is 0. The topological polar surface area (TPSA) is 65.1 Å². The molecule has 6 nitrogen and oxygen atoms in total. The van der Waals surface area contributed by atoms with Gasteiger partial charge in [-0.1, -0.05) is 36.9 Å². The minimum absolute atomic E-state index is 0.239. The molecule has 0 spiro atoms. The van der Waals surface area contributed by atoms with Gasteiger partial charge >= 0.3 is 11.9 Å². The fourth-order valence-electron chi connectivity index (χ4n) is 4.06. The molecule has 1 saturated carbocycles. The summed E-state index contributed by atoms with van der Waals surface area (Å²) in [4.78, 5) is 27.4. The Balaban J connectivity index is 2.09. The number of hydrogen-bond acceptors (Lipinski definition) is 6. The number of rotatable bonds is 5. The van der Waals surface area contributed by atoms with Crippen molar-refractivity contribution in [2.45, 2.75) is 44.1 Å². The molecule has 0 unspecified atom stereocenters. The molecule has 7 heteroatoms. The molecule has 0 aromatic heterocycles. The summed E-state index contributed by atoms with van der Waals surface area (Å²) in [6, 6.07) is 5.45. The van der Waals surface area contributed by atoms with E-state index in [-0.39, 0.29) is 6.04 Å². The number of halogens is 1. The van der Waals surface area contributed by atoms with Gasteiger partial charge in [-0.2, -0.15) is 0 Å². The molecule has 0 atom stereocenters. The minimum Gasteiger partial charge on any atom is -0.495 e. The van der Waals surface area contributed by atoms with Crippen molar-refractivity contribution in [3.63, 3.8) is 0 Å². The van der Waals surface area contributed by atoms with Gasteiger partial charge in [0.2, 0.25) is 0 Å². The fraction of sp³-hybridized carbons (Fsp3) is 0.455. The Bertz CT molecular complexity index is 808. The standard InChI is InChI=1S/C22H26ClNO5/c1-27-19-10-9-14(11-18(19)23)20-16(21(25)28-2)12-24(13-17(20)22(26)29-3)15-7-5-4-6-8-15/h9-13,15,20H,4-8H2,1-3H3. The van der Waals surface area contributed by atoms with E-state index in [1.165, 1.54) is 27.8 Å². The molecule has 29 heavy (non-hydrogen) atoms. The average molecular weight is 420 g/mol. The second-order valence-electron chi connectivity index (χ2n) is 7.22. The Morgan fingerprint density at radius 3 is 2.03 bits per heavy atom. The van der Waals surface area contributed by atoms with Gasteiger partial charge < -0.3 is 19.1 Å². The zero-order valence-corrected chi connectivity index (χ0v) is 17.7. The second-order valence-corrected chi connectivity index (χ2v) is 7.63. The molecule has 2 aliphatic rings. The Morgan fingerprint density at radius 2 is 1.55 bits per heavy atom. The lowest BCUT2D eigenvalue weighted by molar-refractivity contribution is -0.137. The van der Waals surface area contributed by atoms with Crippen molar-refractivity contribution in [3.8, 4) is 5.75 Å². The van der Waals surface area contributed by atoms with Crippen LogP contribution in [0.4, 0.5) is 0 Å². The van der Waals surface area contributed by atoms with E-state index in [0.717, 1.165) is 25.7 Å². The Kier molecular flexibility index (Phi) is 6.85. The van der Waals surface area contributed by atoms with Gasteiger partial charge in [0.1, 0.15) is 5.75 Å². The van der Waals surface area contributed by atoms with Crippen LogP contribution in [0.15, 0.2) is 41.7 Å². The quantitative estimate of drug-likeness (QED) is 0.666. The Hall–Kier alpha value is -2.47. The molecule has 1 fully saturated rings. The van der Waals surface area contributed by atoms with Gasteiger partial charge in [0.25, 0.3) is 0 Å². The third-order valence-electron chi connectivity index (χ3n) is 5.55. The third kappa shape index (κ3) is 4.42. The molecule has 1 aliphatic carbocycles. The highest BCUT2D eigenvalue weighted by molar-refractivity contribution is 6.32. The molecule has 0 radical (unpaired) electrons. The van der Waals surface area contributed by atoms with Gasteiger partial charge in [-0.25, -0.2) is 9.59 Å². The minimum atomic E-state index is -0.641. The lowest BCUT2D eigenvalue weighted by atomic mass is 9.82. The lowest BCUT2D eigenvalue weighted by Gasteiger charge is -2.36. The van der Waals surface area contributed by atoms with E-state index in [2.05, 4.69) is 0 Å². The number of methoxy groups -OCH3 is 3. The van der Waals surface area contributed by atoms with Crippen molar-refractivity contribution in [3.05, 3.63) is 52.3 Å². The average Bonchev–Trinajstić information content (AvgIpc) is 2.77. The first-order valence-electron chi connectivity index (χ1n) is 9.71. The summed E-state index contributed by atoms with van der Waals surface area (Å²) in [5, 5.41) is 0.396. The number of nitrogens with zero attached hydrogens (tertiary/aromatic N) is 1. The highest BCUT2D eigenvalue weighted by atomic mass is 35.5. The maximum atomic E-state index is 12.7. The van der Waals surface area contributed by atoms with E-state index in [9.17, 15) is 9.59 Å². The van der Waals surface area contributed by atoms with E-state index >= 15 is 0 Å². The summed E-state index contributed by atoms with van der Waals surface area (Å²) >= 11 is 6.31. The van der Waals surface area contributed by atoms with Crippen LogP contribution in [0.25, 0.3) is 0 Å². The summed E-state index contributed by atoms with van der Waals surface area (Å²) < 4.78 is 15.3. The largest absolute Gasteiger partial charge is 0.495 e. The van der Waals surface area contributed by atoms with Gasteiger partial charge in [0.15, 0.2) is 0 Å². The molecule has 0 N–H and O–H groups in total. The third-order valence-corrected chi connectivity index (χ3v) is 5.84. The van der Waals surface area contributed by atoms with Crippen molar-refractivity contribution in [1.29, 1.82) is 0 Å². The smallest absolute Gasteiger partial charge is 0.336 e. The molecule has 156 valence electrons. The highest BCUT2D eigenvalue weighted by Gasteiger charge is 2.37. The molecule has 1 heterocycles. The fourth-order valence-corrected chi connectivity index (χ4v) is 4.33. The predicted octanol–water partition coefficient (Wildman–Crippen LogP) is 4.19. The van der Waals surface area contributed by atoms with E-state index in [1.807, 2.05) is 4.90 Å². The molecule has 0 amide bonds. The number of esters is 2. The zero-order valence-electron chi connectivity index (χ0n) is 16.9. The molecule has 1 aromatic rings. The first kappa shape index (κ1) is 21.2. The maximum Gasteiger partial charge on any atom is 0.336 e. The summed E-state index contributed by atoms with van der Waals surface area (Å²) in [6.45, 7) is 0. The van der Waals surface area contributed by atoms with Crippen molar-refractivity contribution in [2.75, 3.05) is 21.3 Å². The van der Waals surface area contributed by atoms with Crippen molar-refractivity contribution in [2.24, 2.45) is 0 Å². The molecular formula is C22H26ClNO5. The molecule has 1 aliphatic heterocycles. The predicted molar refractivity (Wildman–Crippen MR) is 110 cm³/mol. The molecule has 0 bridgehead atoms. The van der Waals surface area contributed by atoms with Crippen LogP contribution in [-0.4, -0.2) is 44.2 Å². The van der Waals surface area contributed by atoms with Crippen LogP contribution in [0.1, 0.15) is 43.6 Å². The SMILES string of the molecule is COC(=O)C1=CN(C2CCCCC2)C=C(C(=O)OC)C1c1ccc(OC)c(Cl)c1. The number of carbonyl (C=O) groups excluding carboxylic acids is 2. The van der Waals surface area contributed by atoms with Crippen LogP contribution < -0.4 is 4.74 Å². The van der Waals surface area contributed by atoms with Crippen molar-refractivity contribution in [1.82, 2.24) is 4.90 Å². The van der Waals surface area contributed by atoms with E-state index in [4.69, 9.17) is 25.8 Å². The molecule has 0 saturated heterocycles. The lowest BCUT2D eigenvalue weighted by Crippen LogP contribution is -2.35. The van der Waals surface area contributed by atoms with Gasteiger partial charge in [0, 0.05) is 18.4 Å². The van der Waals surface area contributed by atoms with Gasteiger partial charge in [-0.05, 0) is 30.5 Å². The zero-order chi connectivity index (χ0) is 21.0. The van der Waals surface area contributed by atoms with Crippen LogP contribution in [0.3, 0.4) is 0 Å². The maximum absolute atomic E-state index is 12.7. The van der Waals surface area contributed by atoms with Crippen LogP contribution >= 0.6 is 11.6 Å². The van der Waals surface area contributed by atoms with Crippen molar-refractivity contribution >= 4 is 23.5 Å². The van der Waals surface area contributed by atoms with E-state index in [0.29, 0.717) is 27.5 Å². The first-order chi connectivity index (χ1) is 14.0. The molecule has 3 rings (SSSR count). The number of carbonyl (C=O) groups is 2. The van der Waals surface area contributed by atoms with Gasteiger partial charge in [0.05, 0.1) is 43.4 Å². The highest BCUT2D eigenvalue weighted by Crippen LogP contribution is 2.40. The summed E-state index contributed by atoms with van der Waals surface area (Å²) in [6.07, 6.45) is 9.08. The van der Waals surface area contributed by atoms with Gasteiger partial charge in [-0.3, -0.25) is 0 Å². The van der Waals surface area contributed by atoms with Crippen LogP contribution in [0, 0.1) is 0 Å². The number of ether oxygens (including phenoxy) is 3. The monoisotopic (exact) mass is 419 g/mol. The second kappa shape index (κ2) is 9.35. The van der Waals surface area contributed by atoms with Gasteiger partial charge in [-0.15, -0.1) is 0 Å². The normalized spacial score (nSPS) is 18.0. The summed E-state index contributed by atoms with van der Waals surface area (Å²) in [7, 11) is 4.20. The number of benzene rings is 1. The van der Waals surface area contributed by atoms with Crippen LogP contribution in [0.5, 0.6) is 5.75 Å². The van der Waals surface area contributed by atoms with Crippen molar-refractivity contribution < 1.29 is 23.8 Å². The summed E-state index contributed by atoms with van der Waals surface area (Å²) in [5.41, 5.74) is 1.44. The van der Waals surface area contributed by atoms with E-state index in [1.54, 1.807) is 30.6 Å². The van der Waals surface area contributed by atoms with Crippen LogP contribution in [0.2, 0.25) is 5.02 Å².